The Balaban J connectivity index is 2.51. The van der Waals surface area contributed by atoms with Crippen LogP contribution in [0.25, 0.3) is 0 Å². The number of aliphatic carboxylic acids is 1. The number of nitrogens with zero attached hydrogens (tertiary/aromatic N) is 1. The second-order valence-corrected chi connectivity index (χ2v) is 3.79. The minimum Gasteiger partial charge on any atom is -0.481 e. The van der Waals surface area contributed by atoms with E-state index in [4.69, 9.17) is 5.11 Å². The number of nitrogens with one attached hydrogen (secondary N) is 1. The van der Waals surface area contributed by atoms with Crippen molar-refractivity contribution >= 4 is 5.97 Å². The molecule has 1 rings (SSSR count). The summed E-state index contributed by atoms with van der Waals surface area (Å²) in [5, 5.41) is 11.9. The Bertz CT molecular complexity index is 182. The van der Waals surface area contributed by atoms with Crippen LogP contribution in [-0.2, 0) is 4.79 Å². The molecule has 0 aromatic heterocycles. The van der Waals surface area contributed by atoms with Crippen molar-refractivity contribution in [1.82, 2.24) is 10.2 Å². The molecule has 2 N–H and O–H groups in total. The fraction of sp³-hybridized carbons (Fsp3) is 0.889. The van der Waals surface area contributed by atoms with Gasteiger partial charge in [0.05, 0.1) is 6.42 Å². The minimum absolute atomic E-state index is 0.159. The molecule has 0 spiro atoms. The van der Waals surface area contributed by atoms with Gasteiger partial charge in [-0.25, -0.2) is 0 Å². The van der Waals surface area contributed by atoms with Crippen LogP contribution in [-0.4, -0.2) is 47.7 Å². The maximum atomic E-state index is 10.6. The Morgan fingerprint density at radius 1 is 1.69 bits per heavy atom. The van der Waals surface area contributed by atoms with Gasteiger partial charge in [-0.2, -0.15) is 0 Å². The zero-order valence-corrected chi connectivity index (χ0v) is 8.29. The van der Waals surface area contributed by atoms with Crippen LogP contribution in [0.5, 0.6) is 0 Å². The average Bonchev–Trinajstić information content (AvgIpc) is 2.03. The predicted molar refractivity (Wildman–Crippen MR) is 50.8 cm³/mol. The molecule has 13 heavy (non-hydrogen) atoms. The molecule has 0 bridgehead atoms. The van der Waals surface area contributed by atoms with Crippen molar-refractivity contribution in [3.63, 3.8) is 0 Å². The molecule has 0 aromatic carbocycles. The van der Waals surface area contributed by atoms with Gasteiger partial charge in [0.1, 0.15) is 0 Å². The van der Waals surface area contributed by atoms with Gasteiger partial charge in [0.25, 0.3) is 0 Å². The number of piperazine rings is 1. The lowest BCUT2D eigenvalue weighted by atomic mass is 10.1. The summed E-state index contributed by atoms with van der Waals surface area (Å²) in [6.45, 7) is 6.94. The first-order valence-electron chi connectivity index (χ1n) is 4.79. The molecule has 1 saturated heterocycles. The van der Waals surface area contributed by atoms with Gasteiger partial charge in [-0.15, -0.1) is 0 Å². The molecule has 1 heterocycles. The number of hydrogen-bond donors (Lipinski definition) is 2. The number of carboxylic acid groups (broad SMARTS) is 1. The molecule has 1 unspecified atom stereocenters. The first-order chi connectivity index (χ1) is 6.11. The molecular formula is C9H18N2O2. The molecule has 0 radical (unpaired) electrons. The third-order valence-electron chi connectivity index (χ3n) is 2.47. The maximum Gasteiger partial charge on any atom is 0.304 e. The molecule has 1 fully saturated rings. The quantitative estimate of drug-likeness (QED) is 0.658. The van der Waals surface area contributed by atoms with Gasteiger partial charge in [-0.05, 0) is 13.8 Å². The van der Waals surface area contributed by atoms with Gasteiger partial charge in [-0.1, -0.05) is 0 Å². The van der Waals surface area contributed by atoms with E-state index in [9.17, 15) is 4.79 Å². The van der Waals surface area contributed by atoms with Crippen LogP contribution in [0.2, 0.25) is 0 Å². The first kappa shape index (κ1) is 10.5. The number of carboxylic acids is 1. The lowest BCUT2D eigenvalue weighted by molar-refractivity contribution is -0.138. The van der Waals surface area contributed by atoms with Gasteiger partial charge in [-0.3, -0.25) is 9.69 Å². The molecular weight excluding hydrogens is 168 g/mol. The molecule has 0 amide bonds. The monoisotopic (exact) mass is 186 g/mol. The molecule has 4 nitrogen and oxygen atoms in total. The van der Waals surface area contributed by atoms with Crippen molar-refractivity contribution in [3.05, 3.63) is 0 Å². The minimum atomic E-state index is -0.709. The Morgan fingerprint density at radius 3 is 2.92 bits per heavy atom. The van der Waals surface area contributed by atoms with E-state index in [1.54, 1.807) is 0 Å². The van der Waals surface area contributed by atoms with Crippen LogP contribution in [0, 0.1) is 0 Å². The molecule has 0 saturated carbocycles. The summed E-state index contributed by atoms with van der Waals surface area (Å²) in [5.74, 6) is -0.709. The fourth-order valence-corrected chi connectivity index (χ4v) is 1.85. The maximum absolute atomic E-state index is 10.6. The molecule has 0 aromatic rings. The summed E-state index contributed by atoms with van der Waals surface area (Å²) in [6.07, 6.45) is 0.241. The smallest absolute Gasteiger partial charge is 0.304 e. The molecule has 0 aliphatic carbocycles. The van der Waals surface area contributed by atoms with E-state index in [-0.39, 0.29) is 12.5 Å². The number of rotatable bonds is 3. The van der Waals surface area contributed by atoms with E-state index in [1.807, 2.05) is 0 Å². The molecule has 1 atom stereocenters. The van der Waals surface area contributed by atoms with E-state index in [0.29, 0.717) is 6.04 Å². The lowest BCUT2D eigenvalue weighted by Crippen LogP contribution is -2.54. The second kappa shape index (κ2) is 4.58. The van der Waals surface area contributed by atoms with E-state index < -0.39 is 5.97 Å². The summed E-state index contributed by atoms with van der Waals surface area (Å²) in [5.41, 5.74) is 0. The Hall–Kier alpha value is -0.610. The molecule has 4 heteroatoms. The zero-order valence-electron chi connectivity index (χ0n) is 8.29. The summed E-state index contributed by atoms with van der Waals surface area (Å²) in [6, 6.07) is 0.595. The Morgan fingerprint density at radius 2 is 2.38 bits per heavy atom. The van der Waals surface area contributed by atoms with Gasteiger partial charge >= 0.3 is 5.97 Å². The molecule has 1 aliphatic heterocycles. The van der Waals surface area contributed by atoms with Crippen molar-refractivity contribution in [2.75, 3.05) is 19.6 Å². The van der Waals surface area contributed by atoms with Crippen LogP contribution in [0.3, 0.4) is 0 Å². The van der Waals surface area contributed by atoms with E-state index in [0.717, 1.165) is 19.6 Å². The highest BCUT2D eigenvalue weighted by molar-refractivity contribution is 5.67. The van der Waals surface area contributed by atoms with Crippen LogP contribution in [0.4, 0.5) is 0 Å². The van der Waals surface area contributed by atoms with Crippen molar-refractivity contribution < 1.29 is 9.90 Å². The van der Waals surface area contributed by atoms with Crippen molar-refractivity contribution in [2.45, 2.75) is 32.4 Å². The van der Waals surface area contributed by atoms with Gasteiger partial charge < -0.3 is 10.4 Å². The van der Waals surface area contributed by atoms with Crippen molar-refractivity contribution in [3.8, 4) is 0 Å². The normalized spacial score (nSPS) is 25.0. The van der Waals surface area contributed by atoms with Crippen molar-refractivity contribution in [1.29, 1.82) is 0 Å². The first-order valence-corrected chi connectivity index (χ1v) is 4.79. The van der Waals surface area contributed by atoms with Crippen molar-refractivity contribution in [2.24, 2.45) is 0 Å². The number of carbonyl (C=O) groups is 1. The third-order valence-corrected chi connectivity index (χ3v) is 2.47. The molecule has 1 aliphatic rings. The summed E-state index contributed by atoms with van der Waals surface area (Å²) >= 11 is 0. The highest BCUT2D eigenvalue weighted by atomic mass is 16.4. The standard InChI is InChI=1S/C9H18N2O2/c1-7(2)11-4-3-10-6-8(11)5-9(12)13/h7-8,10H,3-6H2,1-2H3,(H,12,13). The lowest BCUT2D eigenvalue weighted by Gasteiger charge is -2.38. The van der Waals surface area contributed by atoms with Gasteiger partial charge in [0.2, 0.25) is 0 Å². The third kappa shape index (κ3) is 2.97. The topological polar surface area (TPSA) is 52.6 Å². The van der Waals surface area contributed by atoms with E-state index in [2.05, 4.69) is 24.1 Å². The average molecular weight is 186 g/mol. The predicted octanol–water partition coefficient (Wildman–Crippen LogP) is 0.143. The van der Waals surface area contributed by atoms with Crippen LogP contribution >= 0.6 is 0 Å². The van der Waals surface area contributed by atoms with Crippen LogP contribution < -0.4 is 5.32 Å². The van der Waals surface area contributed by atoms with Crippen LogP contribution in [0.15, 0.2) is 0 Å². The largest absolute Gasteiger partial charge is 0.481 e. The fourth-order valence-electron chi connectivity index (χ4n) is 1.85. The van der Waals surface area contributed by atoms with Crippen LogP contribution in [0.1, 0.15) is 20.3 Å². The summed E-state index contributed by atoms with van der Waals surface area (Å²) in [4.78, 5) is 12.8. The second-order valence-electron chi connectivity index (χ2n) is 3.79. The van der Waals surface area contributed by atoms with Gasteiger partial charge in [0.15, 0.2) is 0 Å². The zero-order chi connectivity index (χ0) is 9.84. The number of hydrogen-bond acceptors (Lipinski definition) is 3. The van der Waals surface area contributed by atoms with E-state index >= 15 is 0 Å². The summed E-state index contributed by atoms with van der Waals surface area (Å²) in [7, 11) is 0. The highest BCUT2D eigenvalue weighted by Crippen LogP contribution is 2.11. The summed E-state index contributed by atoms with van der Waals surface area (Å²) < 4.78 is 0. The highest BCUT2D eigenvalue weighted by Gasteiger charge is 2.25. The Kier molecular flexibility index (Phi) is 3.69. The van der Waals surface area contributed by atoms with E-state index in [1.165, 1.54) is 0 Å². The SMILES string of the molecule is CC(C)N1CCNCC1CC(=O)O. The Labute approximate surface area is 78.9 Å². The molecule has 76 valence electrons. The van der Waals surface area contributed by atoms with Gasteiger partial charge in [0, 0.05) is 31.7 Å².